The zero-order valence-corrected chi connectivity index (χ0v) is 11.6. The van der Waals surface area contributed by atoms with Crippen LogP contribution in [0.3, 0.4) is 0 Å². The predicted molar refractivity (Wildman–Crippen MR) is 75.9 cm³/mol. The Balaban J connectivity index is 1.94. The Morgan fingerprint density at radius 3 is 2.80 bits per heavy atom. The van der Waals surface area contributed by atoms with Gasteiger partial charge in [0, 0.05) is 11.3 Å². The lowest BCUT2D eigenvalue weighted by Gasteiger charge is -2.29. The van der Waals surface area contributed by atoms with Gasteiger partial charge < -0.3 is 10.2 Å². The fourth-order valence-corrected chi connectivity index (χ4v) is 3.16. The highest BCUT2D eigenvalue weighted by Crippen LogP contribution is 2.36. The monoisotopic (exact) mass is 270 g/mol. The molecule has 2 aliphatic heterocycles. The molecule has 1 saturated heterocycles. The van der Waals surface area contributed by atoms with Crippen LogP contribution in [0, 0.1) is 0 Å². The number of carbonyl (C=O) groups is 2. The van der Waals surface area contributed by atoms with E-state index in [4.69, 9.17) is 0 Å². The Morgan fingerprint density at radius 1 is 1.30 bits per heavy atom. The summed E-state index contributed by atoms with van der Waals surface area (Å²) >= 11 is 0. The number of amides is 2. The number of hydrogen-bond donors (Lipinski definition) is 1. The van der Waals surface area contributed by atoms with Gasteiger partial charge in [0.05, 0.1) is 6.04 Å². The first-order valence-corrected chi connectivity index (χ1v) is 7.00. The van der Waals surface area contributed by atoms with Crippen molar-refractivity contribution in [2.24, 2.45) is 0 Å². The molecule has 4 nitrogen and oxygen atoms in total. The molecule has 1 aromatic carbocycles. The van der Waals surface area contributed by atoms with E-state index in [2.05, 4.69) is 11.9 Å². The topological polar surface area (TPSA) is 49.4 Å². The molecule has 1 fully saturated rings. The third-order valence-electron chi connectivity index (χ3n) is 4.19. The van der Waals surface area contributed by atoms with E-state index in [1.807, 2.05) is 31.2 Å². The minimum atomic E-state index is -0.399. The fourth-order valence-electron chi connectivity index (χ4n) is 3.16. The van der Waals surface area contributed by atoms with Crippen LogP contribution in [0.5, 0.6) is 0 Å². The van der Waals surface area contributed by atoms with Crippen molar-refractivity contribution in [3.8, 4) is 0 Å². The van der Waals surface area contributed by atoms with E-state index in [1.54, 1.807) is 4.90 Å². The average Bonchev–Trinajstić information content (AvgIpc) is 2.57. The number of benzene rings is 1. The van der Waals surface area contributed by atoms with Gasteiger partial charge in [-0.3, -0.25) is 9.59 Å². The number of hydrogen-bond acceptors (Lipinski definition) is 2. The van der Waals surface area contributed by atoms with E-state index in [9.17, 15) is 9.59 Å². The first-order valence-electron chi connectivity index (χ1n) is 7.00. The molecule has 1 aromatic rings. The summed E-state index contributed by atoms with van der Waals surface area (Å²) in [6.07, 6.45) is 2.34. The van der Waals surface area contributed by atoms with Gasteiger partial charge >= 0.3 is 0 Å². The summed E-state index contributed by atoms with van der Waals surface area (Å²) < 4.78 is 0. The second-order valence-corrected chi connectivity index (χ2v) is 5.48. The molecule has 2 heterocycles. The van der Waals surface area contributed by atoms with E-state index in [0.29, 0.717) is 6.42 Å². The van der Waals surface area contributed by atoms with E-state index in [-0.39, 0.29) is 17.9 Å². The van der Waals surface area contributed by atoms with Crippen LogP contribution in [0.4, 0.5) is 0 Å². The van der Waals surface area contributed by atoms with Gasteiger partial charge in [-0.1, -0.05) is 24.8 Å². The normalized spacial score (nSPS) is 26.2. The molecule has 20 heavy (non-hydrogen) atoms. The van der Waals surface area contributed by atoms with E-state index < -0.39 is 6.04 Å². The minimum Gasteiger partial charge on any atom is -0.329 e. The SMILES string of the molecule is C=C1CCC[C@H](N2C(=O)c3ccccc3C2C)C(=O)N1. The van der Waals surface area contributed by atoms with Crippen molar-refractivity contribution < 1.29 is 9.59 Å². The predicted octanol–water partition coefficient (Wildman–Crippen LogP) is 2.39. The van der Waals surface area contributed by atoms with E-state index in [1.165, 1.54) is 0 Å². The van der Waals surface area contributed by atoms with Gasteiger partial charge in [0.2, 0.25) is 5.91 Å². The molecule has 2 amide bonds. The minimum absolute atomic E-state index is 0.0410. The summed E-state index contributed by atoms with van der Waals surface area (Å²) in [5.41, 5.74) is 2.47. The van der Waals surface area contributed by atoms with Crippen molar-refractivity contribution in [3.05, 3.63) is 47.7 Å². The summed E-state index contributed by atoms with van der Waals surface area (Å²) in [6.45, 7) is 5.81. The molecule has 0 aliphatic carbocycles. The number of nitrogens with zero attached hydrogens (tertiary/aromatic N) is 1. The molecule has 0 radical (unpaired) electrons. The maximum absolute atomic E-state index is 12.6. The Hall–Kier alpha value is -2.10. The first-order chi connectivity index (χ1) is 9.59. The Morgan fingerprint density at radius 2 is 2.05 bits per heavy atom. The van der Waals surface area contributed by atoms with Gasteiger partial charge in [0.25, 0.3) is 5.91 Å². The van der Waals surface area contributed by atoms with Gasteiger partial charge in [-0.2, -0.15) is 0 Å². The Kier molecular flexibility index (Phi) is 3.08. The Bertz CT molecular complexity index is 594. The molecule has 3 rings (SSSR count). The van der Waals surface area contributed by atoms with E-state index in [0.717, 1.165) is 29.7 Å². The lowest BCUT2D eigenvalue weighted by molar-refractivity contribution is -0.125. The summed E-state index contributed by atoms with van der Waals surface area (Å²) in [5.74, 6) is -0.152. The van der Waals surface area contributed by atoms with Gasteiger partial charge in [-0.05, 0) is 37.8 Å². The van der Waals surface area contributed by atoms with Crippen LogP contribution in [0.15, 0.2) is 36.5 Å². The zero-order valence-electron chi connectivity index (χ0n) is 11.6. The molecule has 0 spiro atoms. The molecule has 0 bridgehead atoms. The highest BCUT2D eigenvalue weighted by Gasteiger charge is 2.41. The maximum Gasteiger partial charge on any atom is 0.255 e. The molecule has 2 atom stereocenters. The van der Waals surface area contributed by atoms with Crippen molar-refractivity contribution in [2.75, 3.05) is 0 Å². The second kappa shape index (κ2) is 4.78. The third-order valence-corrected chi connectivity index (χ3v) is 4.19. The number of carbonyl (C=O) groups excluding carboxylic acids is 2. The molecule has 2 aliphatic rings. The summed E-state index contributed by atoms with van der Waals surface area (Å²) in [5, 5.41) is 2.81. The molecular formula is C16H18N2O2. The van der Waals surface area contributed by atoms with Crippen LogP contribution >= 0.6 is 0 Å². The number of nitrogens with one attached hydrogen (secondary N) is 1. The van der Waals surface area contributed by atoms with Crippen molar-refractivity contribution in [3.63, 3.8) is 0 Å². The molecule has 4 heteroatoms. The second-order valence-electron chi connectivity index (χ2n) is 5.48. The first kappa shape index (κ1) is 12.9. The van der Waals surface area contributed by atoms with Crippen LogP contribution in [0.2, 0.25) is 0 Å². The number of fused-ring (bicyclic) bond motifs is 1. The van der Waals surface area contributed by atoms with Gasteiger partial charge in [0.15, 0.2) is 0 Å². The molecule has 1 N–H and O–H groups in total. The number of rotatable bonds is 1. The van der Waals surface area contributed by atoms with Crippen molar-refractivity contribution in [1.29, 1.82) is 0 Å². The molecule has 0 aromatic heterocycles. The van der Waals surface area contributed by atoms with Crippen molar-refractivity contribution >= 4 is 11.8 Å². The van der Waals surface area contributed by atoms with Gasteiger partial charge in [-0.25, -0.2) is 0 Å². The van der Waals surface area contributed by atoms with Crippen LogP contribution in [-0.4, -0.2) is 22.8 Å². The van der Waals surface area contributed by atoms with Crippen molar-refractivity contribution in [2.45, 2.75) is 38.3 Å². The lowest BCUT2D eigenvalue weighted by Crippen LogP contribution is -2.46. The van der Waals surface area contributed by atoms with Gasteiger partial charge in [0.1, 0.15) is 6.04 Å². The van der Waals surface area contributed by atoms with Crippen molar-refractivity contribution in [1.82, 2.24) is 10.2 Å². The highest BCUT2D eigenvalue weighted by molar-refractivity contribution is 6.02. The summed E-state index contributed by atoms with van der Waals surface area (Å²) in [7, 11) is 0. The van der Waals surface area contributed by atoms with E-state index >= 15 is 0 Å². The lowest BCUT2D eigenvalue weighted by atomic mass is 10.1. The van der Waals surface area contributed by atoms with Gasteiger partial charge in [-0.15, -0.1) is 0 Å². The van der Waals surface area contributed by atoms with Crippen LogP contribution in [0.25, 0.3) is 0 Å². The average molecular weight is 270 g/mol. The largest absolute Gasteiger partial charge is 0.329 e. The summed E-state index contributed by atoms with van der Waals surface area (Å²) in [6, 6.07) is 7.14. The molecule has 1 unspecified atom stereocenters. The smallest absolute Gasteiger partial charge is 0.255 e. The number of allylic oxidation sites excluding steroid dienone is 1. The van der Waals surface area contributed by atoms with Crippen LogP contribution in [0.1, 0.15) is 48.1 Å². The zero-order chi connectivity index (χ0) is 14.3. The maximum atomic E-state index is 12.6. The third kappa shape index (κ3) is 1.92. The van der Waals surface area contributed by atoms with Crippen LogP contribution in [-0.2, 0) is 4.79 Å². The Labute approximate surface area is 118 Å². The molecule has 104 valence electrons. The fraction of sp³-hybridized carbons (Fsp3) is 0.375. The van der Waals surface area contributed by atoms with Crippen LogP contribution < -0.4 is 5.32 Å². The standard InChI is InChI=1S/C16H18N2O2/c1-10-6-5-9-14(15(19)17-10)18-11(2)12-7-3-4-8-13(12)16(18)20/h3-4,7-8,11,14H,1,5-6,9H2,2H3,(H,17,19)/t11?,14-/m0/s1. The summed E-state index contributed by atoms with van der Waals surface area (Å²) in [4.78, 5) is 26.6. The quantitative estimate of drug-likeness (QED) is 0.851. The highest BCUT2D eigenvalue weighted by atomic mass is 16.2. The molecular weight excluding hydrogens is 252 g/mol. The molecule has 0 saturated carbocycles.